The second-order valence-electron chi connectivity index (χ2n) is 5.65. The highest BCUT2D eigenvalue weighted by Crippen LogP contribution is 2.31. The van der Waals surface area contributed by atoms with Crippen LogP contribution < -0.4 is 11.5 Å². The molecule has 2 rings (SSSR count). The average molecular weight is 337 g/mol. The molecule has 0 bridgehead atoms. The zero-order valence-electron chi connectivity index (χ0n) is 12.7. The monoisotopic (exact) mass is 336 g/mol. The number of nitrogens with two attached hydrogens (primary N) is 2. The van der Waals surface area contributed by atoms with Crippen LogP contribution in [0.1, 0.15) is 30.7 Å². The first-order valence-electron chi connectivity index (χ1n) is 6.75. The van der Waals surface area contributed by atoms with Gasteiger partial charge in [0, 0.05) is 11.0 Å². The number of aromatic nitrogens is 2. The zero-order chi connectivity index (χ0) is 16.5. The van der Waals surface area contributed by atoms with Crippen molar-refractivity contribution >= 4 is 41.0 Å². The minimum absolute atomic E-state index is 0.177. The van der Waals surface area contributed by atoms with Crippen molar-refractivity contribution in [2.75, 3.05) is 11.5 Å². The first-order valence-corrected chi connectivity index (χ1v) is 7.50. The van der Waals surface area contributed by atoms with Crippen molar-refractivity contribution in [1.29, 1.82) is 0 Å². The molecule has 4 nitrogen and oxygen atoms in total. The lowest BCUT2D eigenvalue weighted by atomic mass is 9.84. The molecule has 0 saturated carbocycles. The van der Waals surface area contributed by atoms with Crippen LogP contribution in [0.5, 0.6) is 0 Å². The van der Waals surface area contributed by atoms with Crippen LogP contribution in [-0.2, 0) is 5.41 Å². The maximum atomic E-state index is 6.09. The molecule has 116 valence electrons. The first-order chi connectivity index (χ1) is 10.2. The minimum Gasteiger partial charge on any atom is -0.383 e. The van der Waals surface area contributed by atoms with Gasteiger partial charge in [-0.15, -0.1) is 0 Å². The van der Waals surface area contributed by atoms with E-state index in [1.807, 2.05) is 31.2 Å². The van der Waals surface area contributed by atoms with Gasteiger partial charge in [-0.2, -0.15) is 4.98 Å². The fourth-order valence-electron chi connectivity index (χ4n) is 2.12. The summed E-state index contributed by atoms with van der Waals surface area (Å²) in [5.41, 5.74) is 13.8. The maximum absolute atomic E-state index is 6.09. The highest BCUT2D eigenvalue weighted by atomic mass is 35.5. The molecule has 6 heteroatoms. The summed E-state index contributed by atoms with van der Waals surface area (Å²) in [6, 6.07) is 5.61. The van der Waals surface area contributed by atoms with Crippen molar-refractivity contribution in [3.05, 3.63) is 51.1 Å². The number of anilines is 2. The minimum atomic E-state index is -0.255. The Labute approximate surface area is 140 Å². The summed E-state index contributed by atoms with van der Waals surface area (Å²) in [4.78, 5) is 8.12. The van der Waals surface area contributed by atoms with Gasteiger partial charge in [0.15, 0.2) is 0 Å². The number of nitrogen functional groups attached to an aromatic ring is 2. The predicted octanol–water partition coefficient (Wildman–Crippen LogP) is 4.25. The number of aryl methyl sites for hydroxylation is 1. The van der Waals surface area contributed by atoms with E-state index in [1.165, 1.54) is 0 Å². The summed E-state index contributed by atoms with van der Waals surface area (Å²) in [5, 5.41) is 1.07. The van der Waals surface area contributed by atoms with E-state index in [1.54, 1.807) is 6.07 Å². The van der Waals surface area contributed by atoms with Gasteiger partial charge < -0.3 is 11.5 Å². The van der Waals surface area contributed by atoms with Crippen LogP contribution in [-0.4, -0.2) is 9.97 Å². The van der Waals surface area contributed by atoms with Gasteiger partial charge in [0.1, 0.15) is 5.82 Å². The fraction of sp³-hybridized carbons (Fsp3) is 0.250. The van der Waals surface area contributed by atoms with E-state index in [4.69, 9.17) is 34.7 Å². The number of benzene rings is 1. The molecule has 0 saturated heterocycles. The second kappa shape index (κ2) is 6.15. The molecular formula is C16H18Cl2N4. The number of allylic oxidation sites excluding steroid dienone is 1. The van der Waals surface area contributed by atoms with Crippen molar-refractivity contribution in [2.24, 2.45) is 0 Å². The molecule has 0 spiro atoms. The van der Waals surface area contributed by atoms with Gasteiger partial charge in [-0.1, -0.05) is 55.3 Å². The average Bonchev–Trinajstić information content (AvgIpc) is 2.40. The van der Waals surface area contributed by atoms with Crippen molar-refractivity contribution in [1.82, 2.24) is 9.97 Å². The molecule has 22 heavy (non-hydrogen) atoms. The van der Waals surface area contributed by atoms with Gasteiger partial charge in [-0.3, -0.25) is 0 Å². The SMILES string of the molecule is Cc1nc(N)nc(N)c1/C=C/C(C)(C)c1ccc(Cl)c(Cl)c1. The summed E-state index contributed by atoms with van der Waals surface area (Å²) in [6.45, 7) is 6.00. The van der Waals surface area contributed by atoms with E-state index in [2.05, 4.69) is 23.8 Å². The predicted molar refractivity (Wildman–Crippen MR) is 94.1 cm³/mol. The van der Waals surface area contributed by atoms with E-state index in [9.17, 15) is 0 Å². The van der Waals surface area contributed by atoms with Crippen LogP contribution in [0.4, 0.5) is 11.8 Å². The third kappa shape index (κ3) is 3.51. The van der Waals surface area contributed by atoms with Crippen LogP contribution in [0.15, 0.2) is 24.3 Å². The quantitative estimate of drug-likeness (QED) is 0.878. The molecule has 0 radical (unpaired) electrons. The van der Waals surface area contributed by atoms with Gasteiger partial charge in [0.2, 0.25) is 5.95 Å². The molecule has 1 aromatic carbocycles. The van der Waals surface area contributed by atoms with Gasteiger partial charge >= 0.3 is 0 Å². The number of halogens is 2. The van der Waals surface area contributed by atoms with Gasteiger partial charge in [0.25, 0.3) is 0 Å². The van der Waals surface area contributed by atoms with Crippen LogP contribution in [0.2, 0.25) is 10.0 Å². The third-order valence-electron chi connectivity index (χ3n) is 3.51. The summed E-state index contributed by atoms with van der Waals surface area (Å²) in [6.07, 6.45) is 3.94. The lowest BCUT2D eigenvalue weighted by Crippen LogP contribution is -2.13. The largest absolute Gasteiger partial charge is 0.383 e. The molecule has 2 aromatic rings. The van der Waals surface area contributed by atoms with E-state index in [-0.39, 0.29) is 11.4 Å². The molecular weight excluding hydrogens is 319 g/mol. The Balaban J connectivity index is 2.37. The van der Waals surface area contributed by atoms with E-state index in [0.29, 0.717) is 15.9 Å². The maximum Gasteiger partial charge on any atom is 0.222 e. The summed E-state index contributed by atoms with van der Waals surface area (Å²) >= 11 is 12.1. The van der Waals surface area contributed by atoms with Gasteiger partial charge in [-0.25, -0.2) is 4.98 Å². The van der Waals surface area contributed by atoms with Crippen LogP contribution in [0, 0.1) is 6.92 Å². The van der Waals surface area contributed by atoms with Crippen LogP contribution in [0.3, 0.4) is 0 Å². The lowest BCUT2D eigenvalue weighted by Gasteiger charge is -2.21. The van der Waals surface area contributed by atoms with Crippen LogP contribution >= 0.6 is 23.2 Å². The molecule has 1 aromatic heterocycles. The molecule has 0 atom stereocenters. The zero-order valence-corrected chi connectivity index (χ0v) is 14.2. The standard InChI is InChI=1S/C16H18Cl2N4/c1-9-11(14(19)22-15(20)21-9)6-7-16(2,3)10-4-5-12(17)13(18)8-10/h4-8H,1-3H3,(H4,19,20,21,22)/b7-6+. The Hall–Kier alpha value is -1.78. The fourth-order valence-corrected chi connectivity index (χ4v) is 2.41. The molecule has 0 aliphatic rings. The Kier molecular flexibility index (Phi) is 4.63. The molecule has 0 amide bonds. The Bertz CT molecular complexity index is 716. The highest BCUT2D eigenvalue weighted by Gasteiger charge is 2.18. The number of hydrogen-bond donors (Lipinski definition) is 2. The number of rotatable bonds is 3. The van der Waals surface area contributed by atoms with Crippen molar-refractivity contribution in [2.45, 2.75) is 26.2 Å². The lowest BCUT2D eigenvalue weighted by molar-refractivity contribution is 0.673. The third-order valence-corrected chi connectivity index (χ3v) is 4.25. The molecule has 4 N–H and O–H groups in total. The molecule has 0 aliphatic heterocycles. The first kappa shape index (κ1) is 16.6. The van der Waals surface area contributed by atoms with E-state index < -0.39 is 0 Å². The Morgan fingerprint density at radius 1 is 1.09 bits per heavy atom. The van der Waals surface area contributed by atoms with Crippen LogP contribution in [0.25, 0.3) is 6.08 Å². The van der Waals surface area contributed by atoms with Crippen molar-refractivity contribution in [3.63, 3.8) is 0 Å². The summed E-state index contributed by atoms with van der Waals surface area (Å²) < 4.78 is 0. The topological polar surface area (TPSA) is 77.8 Å². The van der Waals surface area contributed by atoms with E-state index >= 15 is 0 Å². The molecule has 1 heterocycles. The molecule has 0 aliphatic carbocycles. The van der Waals surface area contributed by atoms with Gasteiger partial charge in [-0.05, 0) is 24.6 Å². The summed E-state index contributed by atoms with van der Waals surface area (Å²) in [7, 11) is 0. The second-order valence-corrected chi connectivity index (χ2v) is 6.46. The Morgan fingerprint density at radius 3 is 2.36 bits per heavy atom. The summed E-state index contributed by atoms with van der Waals surface area (Å²) in [5.74, 6) is 0.544. The number of hydrogen-bond acceptors (Lipinski definition) is 4. The highest BCUT2D eigenvalue weighted by molar-refractivity contribution is 6.42. The smallest absolute Gasteiger partial charge is 0.222 e. The van der Waals surface area contributed by atoms with E-state index in [0.717, 1.165) is 16.8 Å². The molecule has 0 fully saturated rings. The number of nitrogens with zero attached hydrogens (tertiary/aromatic N) is 2. The molecule has 0 unspecified atom stereocenters. The Morgan fingerprint density at radius 2 is 1.77 bits per heavy atom. The normalized spacial score (nSPS) is 12.0. The van der Waals surface area contributed by atoms with Gasteiger partial charge in [0.05, 0.1) is 15.7 Å². The van der Waals surface area contributed by atoms with Crippen molar-refractivity contribution in [3.8, 4) is 0 Å². The van der Waals surface area contributed by atoms with Crippen molar-refractivity contribution < 1.29 is 0 Å².